The number of anilines is 1. The van der Waals surface area contributed by atoms with Crippen LogP contribution < -0.4 is 5.32 Å². The molecule has 8 aromatic rings. The van der Waals surface area contributed by atoms with Gasteiger partial charge in [0.1, 0.15) is 5.37 Å². The van der Waals surface area contributed by atoms with Gasteiger partial charge in [0.25, 0.3) is 0 Å². The fraction of sp³-hybridized carbons (Fsp3) is 0.0270. The van der Waals surface area contributed by atoms with Gasteiger partial charge in [-0.15, -0.1) is 11.3 Å². The predicted molar refractivity (Wildman–Crippen MR) is 178 cm³/mol. The van der Waals surface area contributed by atoms with Crippen LogP contribution in [0.5, 0.6) is 0 Å². The molecule has 0 saturated carbocycles. The number of aromatic nitrogens is 1. The van der Waals surface area contributed by atoms with Crippen molar-refractivity contribution in [3.63, 3.8) is 0 Å². The molecule has 0 saturated heterocycles. The number of benzene rings is 6. The molecular weight excluding hydrogens is 537 g/mol. The number of para-hydroxylation sites is 2. The molecule has 1 aliphatic heterocycles. The number of hydrogen-bond donors (Lipinski definition) is 1. The van der Waals surface area contributed by atoms with Crippen LogP contribution in [-0.4, -0.2) is 4.57 Å². The van der Waals surface area contributed by atoms with Crippen molar-refractivity contribution in [2.45, 2.75) is 10.3 Å². The molecule has 0 spiro atoms. The Morgan fingerprint density at radius 3 is 2.00 bits per heavy atom. The van der Waals surface area contributed by atoms with Crippen molar-refractivity contribution in [2.24, 2.45) is 0 Å². The molecule has 0 bridgehead atoms. The highest BCUT2D eigenvalue weighted by molar-refractivity contribution is 8.00. The Labute approximate surface area is 245 Å². The number of fused-ring (bicyclic) bond motifs is 8. The van der Waals surface area contributed by atoms with Crippen LogP contribution in [0, 0.1) is 0 Å². The SMILES string of the molecule is c1ccc(-c2ccc3sc4ccc5c(c4c3c2)NC(c2ccc(-n3c4ccccc4c4ccccc43)cc2)S5)cc1. The van der Waals surface area contributed by atoms with Gasteiger partial charge in [-0.3, -0.25) is 0 Å². The molecule has 41 heavy (non-hydrogen) atoms. The quantitative estimate of drug-likeness (QED) is 0.231. The fourth-order valence-corrected chi connectivity index (χ4v) is 8.58. The van der Waals surface area contributed by atoms with Crippen molar-refractivity contribution in [3.05, 3.63) is 139 Å². The first kappa shape index (κ1) is 23.2. The Hall–Kier alpha value is -4.51. The lowest BCUT2D eigenvalue weighted by atomic mass is 10.0. The second-order valence-electron chi connectivity index (χ2n) is 10.6. The van der Waals surface area contributed by atoms with E-state index in [1.165, 1.54) is 74.9 Å². The maximum Gasteiger partial charge on any atom is 0.103 e. The van der Waals surface area contributed by atoms with Crippen LogP contribution in [0.2, 0.25) is 0 Å². The van der Waals surface area contributed by atoms with Crippen molar-refractivity contribution in [2.75, 3.05) is 5.32 Å². The fourth-order valence-electron chi connectivity index (χ4n) is 6.34. The van der Waals surface area contributed by atoms with Crippen LogP contribution in [0.1, 0.15) is 10.9 Å². The van der Waals surface area contributed by atoms with Crippen LogP contribution in [0.3, 0.4) is 0 Å². The third-order valence-corrected chi connectivity index (χ3v) is 10.6. The summed E-state index contributed by atoms with van der Waals surface area (Å²) >= 11 is 3.79. The topological polar surface area (TPSA) is 17.0 Å². The minimum Gasteiger partial charge on any atom is -0.368 e. The van der Waals surface area contributed by atoms with Crippen molar-refractivity contribution < 1.29 is 0 Å². The third-order valence-electron chi connectivity index (χ3n) is 8.26. The molecule has 3 heterocycles. The Bertz CT molecular complexity index is 2210. The molecule has 0 amide bonds. The molecule has 2 aromatic heterocycles. The highest BCUT2D eigenvalue weighted by atomic mass is 32.2. The summed E-state index contributed by atoms with van der Waals surface area (Å²) in [6, 6.07) is 48.6. The van der Waals surface area contributed by atoms with Gasteiger partial charge in [-0.25, -0.2) is 0 Å². The monoisotopic (exact) mass is 560 g/mol. The van der Waals surface area contributed by atoms with E-state index in [1.807, 2.05) is 23.1 Å². The molecule has 0 fully saturated rings. The van der Waals surface area contributed by atoms with Gasteiger partial charge in [-0.05, 0) is 65.2 Å². The average Bonchev–Trinajstić information content (AvgIpc) is 3.73. The van der Waals surface area contributed by atoms with Gasteiger partial charge in [-0.1, -0.05) is 96.7 Å². The van der Waals surface area contributed by atoms with Crippen LogP contribution in [0.4, 0.5) is 5.69 Å². The molecule has 1 aliphatic rings. The highest BCUT2D eigenvalue weighted by Gasteiger charge is 2.26. The normalized spacial score (nSPS) is 14.7. The predicted octanol–water partition coefficient (Wildman–Crippen LogP) is 11.0. The summed E-state index contributed by atoms with van der Waals surface area (Å²) < 4.78 is 5.04. The van der Waals surface area contributed by atoms with Crippen LogP contribution in [0.25, 0.3) is 58.8 Å². The Morgan fingerprint density at radius 1 is 0.561 bits per heavy atom. The van der Waals surface area contributed by atoms with E-state index in [1.54, 1.807) is 0 Å². The smallest absolute Gasteiger partial charge is 0.103 e. The standard InChI is InChI=1S/C37H24N2S2/c1-2-8-23(9-3-1)25-16-19-32-29(22-25)35-33(40-32)20-21-34-36(35)38-37(41-34)24-14-17-26(18-15-24)39-30-12-6-4-10-27(30)28-11-5-7-13-31(28)39/h1-22,37-38H. The van der Waals surface area contributed by atoms with Gasteiger partial charge in [0, 0.05) is 41.5 Å². The van der Waals surface area contributed by atoms with Gasteiger partial charge < -0.3 is 9.88 Å². The Morgan fingerprint density at radius 2 is 1.24 bits per heavy atom. The van der Waals surface area contributed by atoms with Crippen molar-refractivity contribution in [1.29, 1.82) is 0 Å². The number of nitrogens with zero attached hydrogens (tertiary/aromatic N) is 1. The first-order chi connectivity index (χ1) is 20.3. The minimum absolute atomic E-state index is 0.176. The zero-order valence-corrected chi connectivity index (χ0v) is 23.7. The van der Waals surface area contributed by atoms with Gasteiger partial charge >= 0.3 is 0 Å². The molecule has 0 aliphatic carbocycles. The summed E-state index contributed by atoms with van der Waals surface area (Å²) in [5, 5.41) is 9.34. The average molecular weight is 561 g/mol. The third kappa shape index (κ3) is 3.58. The van der Waals surface area contributed by atoms with Crippen LogP contribution in [-0.2, 0) is 0 Å². The van der Waals surface area contributed by atoms with Crippen LogP contribution in [0.15, 0.2) is 138 Å². The van der Waals surface area contributed by atoms with Crippen LogP contribution >= 0.6 is 23.1 Å². The summed E-state index contributed by atoms with van der Waals surface area (Å²) in [7, 11) is 0. The molecule has 6 aromatic carbocycles. The minimum atomic E-state index is 0.176. The van der Waals surface area contributed by atoms with E-state index in [2.05, 4.69) is 143 Å². The van der Waals surface area contributed by atoms with Gasteiger partial charge in [0.2, 0.25) is 0 Å². The first-order valence-electron chi connectivity index (χ1n) is 13.9. The van der Waals surface area contributed by atoms with E-state index in [4.69, 9.17) is 0 Å². The van der Waals surface area contributed by atoms with Gasteiger partial charge in [0.15, 0.2) is 0 Å². The second kappa shape index (κ2) is 9.00. The van der Waals surface area contributed by atoms with E-state index < -0.39 is 0 Å². The summed E-state index contributed by atoms with van der Waals surface area (Å²) in [4.78, 5) is 1.32. The van der Waals surface area contributed by atoms with E-state index >= 15 is 0 Å². The van der Waals surface area contributed by atoms with Crippen molar-refractivity contribution >= 4 is 70.8 Å². The number of rotatable bonds is 3. The lowest BCUT2D eigenvalue weighted by Crippen LogP contribution is -2.02. The molecule has 1 N–H and O–H groups in total. The summed E-state index contributed by atoms with van der Waals surface area (Å²) in [6.07, 6.45) is 0. The molecule has 1 atom stereocenters. The Kier molecular flexibility index (Phi) is 5.10. The molecular formula is C37H24N2S2. The molecule has 4 heteroatoms. The summed E-state index contributed by atoms with van der Waals surface area (Å²) in [5.41, 5.74) is 8.73. The van der Waals surface area contributed by atoms with Crippen molar-refractivity contribution in [1.82, 2.24) is 4.57 Å². The maximum atomic E-state index is 3.91. The lowest BCUT2D eigenvalue weighted by molar-refractivity contribution is 1.12. The zero-order valence-electron chi connectivity index (χ0n) is 22.0. The van der Waals surface area contributed by atoms with E-state index in [0.717, 1.165) is 0 Å². The maximum absolute atomic E-state index is 3.91. The molecule has 0 radical (unpaired) electrons. The molecule has 9 rings (SSSR count). The van der Waals surface area contributed by atoms with Gasteiger partial charge in [-0.2, -0.15) is 0 Å². The number of nitrogens with one attached hydrogen (secondary N) is 1. The molecule has 2 nitrogen and oxygen atoms in total. The zero-order chi connectivity index (χ0) is 26.9. The summed E-state index contributed by atoms with van der Waals surface area (Å²) in [5.74, 6) is 0. The largest absolute Gasteiger partial charge is 0.368 e. The molecule has 194 valence electrons. The first-order valence-corrected chi connectivity index (χ1v) is 15.6. The number of hydrogen-bond acceptors (Lipinski definition) is 3. The Balaban J connectivity index is 1.10. The van der Waals surface area contributed by atoms with Gasteiger partial charge in [0.05, 0.1) is 16.7 Å². The van der Waals surface area contributed by atoms with E-state index in [0.29, 0.717) is 0 Å². The number of thiophene rings is 1. The second-order valence-corrected chi connectivity index (χ2v) is 12.8. The molecule has 1 unspecified atom stereocenters. The van der Waals surface area contributed by atoms with E-state index in [-0.39, 0.29) is 5.37 Å². The van der Waals surface area contributed by atoms with Crippen molar-refractivity contribution in [3.8, 4) is 16.8 Å². The summed E-state index contributed by atoms with van der Waals surface area (Å²) in [6.45, 7) is 0. The lowest BCUT2D eigenvalue weighted by Gasteiger charge is -2.13. The highest BCUT2D eigenvalue weighted by Crippen LogP contribution is 2.52. The van der Waals surface area contributed by atoms with E-state index in [9.17, 15) is 0 Å². The number of thioether (sulfide) groups is 1.